The Labute approximate surface area is 374 Å². The van der Waals surface area contributed by atoms with Crippen LogP contribution in [-0.2, 0) is 32.7 Å². The van der Waals surface area contributed by atoms with Crippen LogP contribution in [0.25, 0.3) is 6.08 Å². The van der Waals surface area contributed by atoms with Gasteiger partial charge in [0.1, 0.15) is 18.4 Å². The quantitative estimate of drug-likeness (QED) is 0.0824. The molecule has 2 fully saturated rings. The van der Waals surface area contributed by atoms with Gasteiger partial charge in [0.05, 0.1) is 37.6 Å². The molecule has 2 saturated heterocycles. The van der Waals surface area contributed by atoms with Crippen LogP contribution < -0.4 is 29.0 Å². The summed E-state index contributed by atoms with van der Waals surface area (Å²) in [4.78, 5) is 33.5. The highest BCUT2D eigenvalue weighted by molar-refractivity contribution is 7.99. The van der Waals surface area contributed by atoms with Crippen LogP contribution >= 0.6 is 11.8 Å². The van der Waals surface area contributed by atoms with Crippen molar-refractivity contribution in [3.05, 3.63) is 117 Å². The van der Waals surface area contributed by atoms with Gasteiger partial charge in [-0.05, 0) is 72.7 Å². The van der Waals surface area contributed by atoms with Crippen molar-refractivity contribution in [2.24, 2.45) is 0 Å². The lowest BCUT2D eigenvalue weighted by molar-refractivity contribution is -0.157. The third kappa shape index (κ3) is 6.25. The predicted molar refractivity (Wildman–Crippen MR) is 237 cm³/mol. The summed E-state index contributed by atoms with van der Waals surface area (Å²) in [5.41, 5.74) is 4.94. The molecule has 3 N–H and O–H groups in total. The maximum Gasteiger partial charge on any atom is 0.336 e. The molecule has 0 radical (unpaired) electrons. The van der Waals surface area contributed by atoms with E-state index in [0.29, 0.717) is 71.0 Å². The molecule has 7 aliphatic heterocycles. The van der Waals surface area contributed by atoms with Crippen LogP contribution in [0.4, 0.5) is 0 Å². The first-order valence-corrected chi connectivity index (χ1v) is 22.4. The summed E-state index contributed by atoms with van der Waals surface area (Å²) in [6.45, 7) is 8.35. The lowest BCUT2D eigenvalue weighted by Gasteiger charge is -2.62. The van der Waals surface area contributed by atoms with Crippen LogP contribution in [0.2, 0.25) is 0 Å². The maximum absolute atomic E-state index is 15.0. The monoisotopic (exact) mass is 884 g/mol. The molecule has 14 nitrogen and oxygen atoms in total. The third-order valence-electron chi connectivity index (χ3n) is 13.8. The topological polar surface area (TPSA) is 172 Å². The zero-order chi connectivity index (χ0) is 44.6. The molecule has 4 aromatic carbocycles. The molecule has 7 aliphatic rings. The van der Waals surface area contributed by atoms with Crippen molar-refractivity contribution in [2.75, 3.05) is 46.5 Å². The molecular formula is C49H48N4O10S. The Morgan fingerprint density at radius 2 is 1.84 bits per heavy atom. The van der Waals surface area contributed by atoms with Crippen LogP contribution in [-0.4, -0.2) is 96.5 Å². The molecule has 15 heteroatoms. The zero-order valence-electron chi connectivity index (χ0n) is 35.9. The average Bonchev–Trinajstić information content (AvgIpc) is 3.79. The van der Waals surface area contributed by atoms with Crippen molar-refractivity contribution >= 4 is 29.8 Å². The molecule has 4 bridgehead atoms. The number of phenols is 2. The van der Waals surface area contributed by atoms with Crippen LogP contribution in [0.5, 0.6) is 40.2 Å². The van der Waals surface area contributed by atoms with Crippen LogP contribution in [0.3, 0.4) is 0 Å². The number of piperazine rings is 1. The number of phenolic OH excluding ortho intramolecular Hbond substituents is 2. The van der Waals surface area contributed by atoms with Gasteiger partial charge >= 0.3 is 11.9 Å². The molecule has 0 aromatic heterocycles. The summed E-state index contributed by atoms with van der Waals surface area (Å²) in [6.07, 6.45) is 5.87. The molecule has 7 atom stereocenters. The minimum atomic E-state index is -1.41. The summed E-state index contributed by atoms with van der Waals surface area (Å²) in [5, 5.41) is 37.5. The molecule has 11 rings (SSSR count). The summed E-state index contributed by atoms with van der Waals surface area (Å²) in [7, 11) is 3.00. The van der Waals surface area contributed by atoms with E-state index >= 15 is 4.79 Å². The number of aromatic hydroxyl groups is 2. The number of aryl methyl sites for hydroxylation is 1. The SMILES string of the molecule is C=CCN1C2c3c(cc(C)c(OC)c3O)CC1[C@H](C#N)N1[C@H]2[C@@H]2SC[C@]3(NCCc4cc(O)c(OC)cc43)C(=O)OC[C@H]1c1c3c(c(C)c(OC(=O)/C=C/c4ccccc4)c12)OCO3. The molecule has 4 aromatic rings. The highest BCUT2D eigenvalue weighted by Gasteiger charge is 2.62. The molecule has 0 amide bonds. The first-order chi connectivity index (χ1) is 31.0. The fourth-order valence-electron chi connectivity index (χ4n) is 11.2. The summed E-state index contributed by atoms with van der Waals surface area (Å²) in [6, 6.07) is 14.4. The number of methoxy groups -OCH3 is 2. The van der Waals surface area contributed by atoms with E-state index in [4.69, 9.17) is 28.4 Å². The Kier molecular flexibility index (Phi) is 10.5. The van der Waals surface area contributed by atoms with Gasteiger partial charge in [-0.15, -0.1) is 18.3 Å². The van der Waals surface area contributed by atoms with Gasteiger partial charge in [-0.3, -0.25) is 15.1 Å². The van der Waals surface area contributed by atoms with Crippen LogP contribution in [0.1, 0.15) is 67.4 Å². The van der Waals surface area contributed by atoms with E-state index in [2.05, 4.69) is 27.8 Å². The maximum atomic E-state index is 15.0. The standard InChI is InChI=1S/C49H48N4O10S/c1-6-16-52-31-18-29-17-25(2)43(59-5)42(56)37(29)40(52)41-47-39-38(46-45(61-24-62-46)26(3)44(39)63-36(55)13-12-27-10-8-7-9-11-27)33(53(41)32(31)21-50)22-60-48(57)49(23-64-47)30-20-35(58-4)34(54)19-28(30)14-15-51-49/h6-13,17,19-20,31-33,40-41,47,51,54,56H,1,14-16,18,22-24H2,2-5H3/b13-12+/t31?,32-,33-,40?,41+,47+,49+/m0/s1. The number of esters is 2. The second-order valence-electron chi connectivity index (χ2n) is 17.0. The number of rotatable bonds is 7. The highest BCUT2D eigenvalue weighted by atomic mass is 32.2. The second kappa shape index (κ2) is 16.1. The number of hydrogen-bond donors (Lipinski definition) is 3. The highest BCUT2D eigenvalue weighted by Crippen LogP contribution is 2.65. The summed E-state index contributed by atoms with van der Waals surface area (Å²) in [5.74, 6) is 0.619. The van der Waals surface area contributed by atoms with E-state index in [1.165, 1.54) is 32.1 Å². The number of hydrogen-bond acceptors (Lipinski definition) is 15. The molecule has 0 aliphatic carbocycles. The lowest BCUT2D eigenvalue weighted by atomic mass is 9.71. The van der Waals surface area contributed by atoms with Crippen molar-refractivity contribution in [3.63, 3.8) is 0 Å². The third-order valence-corrected chi connectivity index (χ3v) is 15.2. The first kappa shape index (κ1) is 41.8. The number of ether oxygens (including phenoxy) is 6. The normalized spacial score (nSPS) is 26.5. The minimum Gasteiger partial charge on any atom is -0.504 e. The van der Waals surface area contributed by atoms with Crippen molar-refractivity contribution in [1.82, 2.24) is 15.1 Å². The summed E-state index contributed by atoms with van der Waals surface area (Å²) >= 11 is 1.46. The number of fused-ring (bicyclic) bond motifs is 9. The van der Waals surface area contributed by atoms with Crippen molar-refractivity contribution < 1.29 is 48.2 Å². The van der Waals surface area contributed by atoms with Gasteiger partial charge in [0, 0.05) is 59.3 Å². The number of nitriles is 1. The van der Waals surface area contributed by atoms with Crippen molar-refractivity contribution in [1.29, 1.82) is 5.26 Å². The number of benzene rings is 4. The van der Waals surface area contributed by atoms with Crippen LogP contribution in [0, 0.1) is 25.2 Å². The van der Waals surface area contributed by atoms with Gasteiger partial charge in [0.25, 0.3) is 0 Å². The van der Waals surface area contributed by atoms with Gasteiger partial charge in [-0.1, -0.05) is 42.5 Å². The van der Waals surface area contributed by atoms with Gasteiger partial charge in [0.2, 0.25) is 6.79 Å². The Bertz CT molecular complexity index is 2680. The van der Waals surface area contributed by atoms with E-state index in [1.807, 2.05) is 56.3 Å². The Balaban J connectivity index is 1.24. The minimum absolute atomic E-state index is 0.0146. The van der Waals surface area contributed by atoms with Crippen molar-refractivity contribution in [2.45, 2.75) is 67.7 Å². The van der Waals surface area contributed by atoms with E-state index in [1.54, 1.807) is 18.2 Å². The fourth-order valence-corrected chi connectivity index (χ4v) is 12.8. The number of nitrogens with zero attached hydrogens (tertiary/aromatic N) is 3. The average molecular weight is 885 g/mol. The van der Waals surface area contributed by atoms with E-state index in [-0.39, 0.29) is 48.2 Å². The van der Waals surface area contributed by atoms with E-state index < -0.39 is 46.9 Å². The second-order valence-corrected chi connectivity index (χ2v) is 18.1. The number of carbonyl (C=O) groups is 2. The number of thioether (sulfide) groups is 1. The Hall–Kier alpha value is -6.18. The molecule has 0 saturated carbocycles. The Morgan fingerprint density at radius 3 is 2.59 bits per heavy atom. The predicted octanol–water partition coefficient (Wildman–Crippen LogP) is 6.24. The molecule has 1 spiro atoms. The smallest absolute Gasteiger partial charge is 0.336 e. The van der Waals surface area contributed by atoms with Gasteiger partial charge in [0.15, 0.2) is 40.0 Å². The van der Waals surface area contributed by atoms with Gasteiger partial charge in [-0.25, -0.2) is 9.59 Å². The number of carbonyl (C=O) groups excluding carboxylic acids is 2. The van der Waals surface area contributed by atoms with E-state index in [0.717, 1.165) is 22.3 Å². The van der Waals surface area contributed by atoms with E-state index in [9.17, 15) is 20.3 Å². The lowest BCUT2D eigenvalue weighted by Crippen LogP contribution is -2.70. The van der Waals surface area contributed by atoms with Crippen molar-refractivity contribution in [3.8, 4) is 46.3 Å². The Morgan fingerprint density at radius 1 is 1.05 bits per heavy atom. The fraction of sp³-hybridized carbons (Fsp3) is 0.367. The molecular weight excluding hydrogens is 837 g/mol. The molecule has 7 heterocycles. The molecule has 330 valence electrons. The zero-order valence-corrected chi connectivity index (χ0v) is 36.7. The van der Waals surface area contributed by atoms with Crippen LogP contribution in [0.15, 0.2) is 67.3 Å². The largest absolute Gasteiger partial charge is 0.504 e. The number of nitrogens with one attached hydrogen (secondary N) is 1. The molecule has 64 heavy (non-hydrogen) atoms. The summed E-state index contributed by atoms with van der Waals surface area (Å²) < 4.78 is 36.9. The van der Waals surface area contributed by atoms with Gasteiger partial charge < -0.3 is 38.6 Å². The van der Waals surface area contributed by atoms with Gasteiger partial charge in [-0.2, -0.15) is 5.26 Å². The first-order valence-electron chi connectivity index (χ1n) is 21.3. The molecule has 2 unspecified atom stereocenters.